The Labute approximate surface area is 113 Å². The Morgan fingerprint density at radius 2 is 2.05 bits per heavy atom. The molecule has 0 saturated carbocycles. The Morgan fingerprint density at radius 3 is 2.89 bits per heavy atom. The number of aromatic nitrogens is 1. The van der Waals surface area contributed by atoms with Gasteiger partial charge in [0.05, 0.1) is 6.61 Å². The van der Waals surface area contributed by atoms with Gasteiger partial charge in [0.15, 0.2) is 0 Å². The van der Waals surface area contributed by atoms with Crippen LogP contribution in [0, 0.1) is 0 Å². The quantitative estimate of drug-likeness (QED) is 0.912. The minimum absolute atomic E-state index is 0.209. The second kappa shape index (κ2) is 5.41. The van der Waals surface area contributed by atoms with Crippen molar-refractivity contribution >= 4 is 0 Å². The summed E-state index contributed by atoms with van der Waals surface area (Å²) in [5, 5.41) is 0. The van der Waals surface area contributed by atoms with E-state index in [0.29, 0.717) is 6.61 Å². The minimum atomic E-state index is 0.209. The molecule has 1 heterocycles. The zero-order valence-electron chi connectivity index (χ0n) is 10.9. The van der Waals surface area contributed by atoms with Gasteiger partial charge in [-0.25, -0.2) is 0 Å². The van der Waals surface area contributed by atoms with Gasteiger partial charge in [0.2, 0.25) is 0 Å². The van der Waals surface area contributed by atoms with Crippen LogP contribution in [0.1, 0.15) is 29.2 Å². The van der Waals surface area contributed by atoms with E-state index >= 15 is 0 Å². The van der Waals surface area contributed by atoms with Gasteiger partial charge in [-0.1, -0.05) is 6.07 Å². The zero-order chi connectivity index (χ0) is 13.1. The molecule has 0 radical (unpaired) electrons. The fourth-order valence-corrected chi connectivity index (χ4v) is 2.55. The number of ether oxygens (including phenoxy) is 1. The molecule has 1 atom stereocenters. The second-order valence-corrected chi connectivity index (χ2v) is 4.96. The van der Waals surface area contributed by atoms with Crippen LogP contribution < -0.4 is 10.5 Å². The number of pyridine rings is 1. The highest BCUT2D eigenvalue weighted by Gasteiger charge is 2.18. The summed E-state index contributed by atoms with van der Waals surface area (Å²) in [5.41, 5.74) is 9.89. The SMILES string of the molecule is NC1CCc2cc(OCCc3ccncc3)ccc21. The highest BCUT2D eigenvalue weighted by Crippen LogP contribution is 2.31. The lowest BCUT2D eigenvalue weighted by Crippen LogP contribution is -2.05. The predicted octanol–water partition coefficient (Wildman–Crippen LogP) is 2.65. The predicted molar refractivity (Wildman–Crippen MR) is 75.1 cm³/mol. The van der Waals surface area contributed by atoms with E-state index in [1.54, 1.807) is 0 Å². The third kappa shape index (κ3) is 2.76. The van der Waals surface area contributed by atoms with Crippen LogP contribution in [0.15, 0.2) is 42.7 Å². The molecule has 0 fully saturated rings. The monoisotopic (exact) mass is 254 g/mol. The lowest BCUT2D eigenvalue weighted by atomic mass is 10.1. The van der Waals surface area contributed by atoms with Crippen molar-refractivity contribution in [2.24, 2.45) is 5.73 Å². The molecule has 0 spiro atoms. The lowest BCUT2D eigenvalue weighted by molar-refractivity contribution is 0.321. The number of benzene rings is 1. The summed E-state index contributed by atoms with van der Waals surface area (Å²) < 4.78 is 5.81. The van der Waals surface area contributed by atoms with Crippen molar-refractivity contribution in [3.8, 4) is 5.75 Å². The molecule has 3 heteroatoms. The average molecular weight is 254 g/mol. The van der Waals surface area contributed by atoms with Gasteiger partial charge >= 0.3 is 0 Å². The van der Waals surface area contributed by atoms with Crippen LogP contribution in [0.5, 0.6) is 5.75 Å². The van der Waals surface area contributed by atoms with Gasteiger partial charge in [-0.05, 0) is 53.8 Å². The highest BCUT2D eigenvalue weighted by molar-refractivity contribution is 5.40. The number of aryl methyl sites for hydroxylation is 1. The van der Waals surface area contributed by atoms with Crippen molar-refractivity contribution in [2.45, 2.75) is 25.3 Å². The molecule has 1 aromatic carbocycles. The van der Waals surface area contributed by atoms with Crippen LogP contribution in [-0.2, 0) is 12.8 Å². The fourth-order valence-electron chi connectivity index (χ4n) is 2.55. The Kier molecular flexibility index (Phi) is 3.47. The maximum absolute atomic E-state index is 6.03. The Morgan fingerprint density at radius 1 is 1.21 bits per heavy atom. The summed E-state index contributed by atoms with van der Waals surface area (Å²) in [7, 11) is 0. The number of nitrogens with two attached hydrogens (primary N) is 1. The molecule has 1 unspecified atom stereocenters. The van der Waals surface area contributed by atoms with Gasteiger partial charge in [0.1, 0.15) is 5.75 Å². The Hall–Kier alpha value is -1.87. The second-order valence-electron chi connectivity index (χ2n) is 4.96. The molecule has 3 rings (SSSR count). The zero-order valence-corrected chi connectivity index (χ0v) is 10.9. The van der Waals surface area contributed by atoms with Crippen LogP contribution in [0.2, 0.25) is 0 Å². The fraction of sp³-hybridized carbons (Fsp3) is 0.312. The molecule has 2 aromatic rings. The summed E-state index contributed by atoms with van der Waals surface area (Å²) in [6.07, 6.45) is 6.64. The van der Waals surface area contributed by atoms with E-state index in [-0.39, 0.29) is 6.04 Å². The lowest BCUT2D eigenvalue weighted by Gasteiger charge is -2.09. The van der Waals surface area contributed by atoms with Crippen LogP contribution in [0.3, 0.4) is 0 Å². The van der Waals surface area contributed by atoms with E-state index < -0.39 is 0 Å². The summed E-state index contributed by atoms with van der Waals surface area (Å²) in [6.45, 7) is 0.689. The first-order valence-corrected chi connectivity index (χ1v) is 6.73. The van der Waals surface area contributed by atoms with Crippen LogP contribution in [-0.4, -0.2) is 11.6 Å². The molecule has 0 bridgehead atoms. The van der Waals surface area contributed by atoms with Crippen LogP contribution in [0.25, 0.3) is 0 Å². The molecular weight excluding hydrogens is 236 g/mol. The van der Waals surface area contributed by atoms with Gasteiger partial charge in [0.25, 0.3) is 0 Å². The van der Waals surface area contributed by atoms with Crippen molar-refractivity contribution in [3.63, 3.8) is 0 Å². The third-order valence-corrected chi connectivity index (χ3v) is 3.65. The van der Waals surface area contributed by atoms with Gasteiger partial charge in [-0.2, -0.15) is 0 Å². The summed E-state index contributed by atoms with van der Waals surface area (Å²) in [5.74, 6) is 0.946. The Balaban J connectivity index is 1.59. The van der Waals surface area contributed by atoms with Gasteiger partial charge in [0, 0.05) is 24.9 Å². The first-order valence-electron chi connectivity index (χ1n) is 6.73. The molecular formula is C16H18N2O. The standard InChI is InChI=1S/C16H18N2O/c17-16-4-1-13-11-14(2-3-15(13)16)19-10-7-12-5-8-18-9-6-12/h2-3,5-6,8-9,11,16H,1,4,7,10,17H2. The summed E-state index contributed by atoms with van der Waals surface area (Å²) in [6, 6.07) is 10.5. The topological polar surface area (TPSA) is 48.1 Å². The van der Waals surface area contributed by atoms with Crippen molar-refractivity contribution in [1.29, 1.82) is 0 Å². The molecule has 0 amide bonds. The first-order chi connectivity index (χ1) is 9.33. The minimum Gasteiger partial charge on any atom is -0.493 e. The molecule has 3 nitrogen and oxygen atoms in total. The third-order valence-electron chi connectivity index (χ3n) is 3.65. The van der Waals surface area contributed by atoms with E-state index in [4.69, 9.17) is 10.5 Å². The van der Waals surface area contributed by atoms with E-state index in [1.807, 2.05) is 30.6 Å². The number of rotatable bonds is 4. The number of nitrogens with zero attached hydrogens (tertiary/aromatic N) is 1. The maximum Gasteiger partial charge on any atom is 0.119 e. The molecule has 0 aliphatic heterocycles. The number of hydrogen-bond donors (Lipinski definition) is 1. The number of fused-ring (bicyclic) bond motifs is 1. The molecule has 1 aromatic heterocycles. The van der Waals surface area contributed by atoms with Crippen molar-refractivity contribution in [1.82, 2.24) is 4.98 Å². The summed E-state index contributed by atoms with van der Waals surface area (Å²) in [4.78, 5) is 4.01. The van der Waals surface area contributed by atoms with Gasteiger partial charge < -0.3 is 10.5 Å². The highest BCUT2D eigenvalue weighted by atomic mass is 16.5. The Bertz CT molecular complexity index is 554. The largest absolute Gasteiger partial charge is 0.493 e. The van der Waals surface area contributed by atoms with E-state index in [1.165, 1.54) is 16.7 Å². The smallest absolute Gasteiger partial charge is 0.119 e. The van der Waals surface area contributed by atoms with Crippen LogP contribution >= 0.6 is 0 Å². The summed E-state index contributed by atoms with van der Waals surface area (Å²) >= 11 is 0. The van der Waals surface area contributed by atoms with Gasteiger partial charge in [-0.15, -0.1) is 0 Å². The van der Waals surface area contributed by atoms with Crippen molar-refractivity contribution < 1.29 is 4.74 Å². The normalized spacial score (nSPS) is 17.2. The molecule has 0 saturated heterocycles. The van der Waals surface area contributed by atoms with Crippen molar-refractivity contribution in [3.05, 3.63) is 59.4 Å². The van der Waals surface area contributed by atoms with E-state index in [2.05, 4.69) is 17.1 Å². The van der Waals surface area contributed by atoms with E-state index in [0.717, 1.165) is 25.0 Å². The first kappa shape index (κ1) is 12.2. The molecule has 2 N–H and O–H groups in total. The maximum atomic E-state index is 6.03. The molecule has 1 aliphatic carbocycles. The van der Waals surface area contributed by atoms with Gasteiger partial charge in [-0.3, -0.25) is 4.98 Å². The van der Waals surface area contributed by atoms with Crippen LogP contribution in [0.4, 0.5) is 0 Å². The number of hydrogen-bond acceptors (Lipinski definition) is 3. The van der Waals surface area contributed by atoms with E-state index in [9.17, 15) is 0 Å². The average Bonchev–Trinajstić information content (AvgIpc) is 2.81. The molecule has 98 valence electrons. The van der Waals surface area contributed by atoms with Crippen molar-refractivity contribution in [2.75, 3.05) is 6.61 Å². The molecule has 19 heavy (non-hydrogen) atoms. The molecule has 1 aliphatic rings.